The van der Waals surface area contributed by atoms with Crippen molar-refractivity contribution in [3.8, 4) is 0 Å². The van der Waals surface area contributed by atoms with Gasteiger partial charge in [-0.3, -0.25) is 9.48 Å². The average molecular weight is 227 g/mol. The number of hydrogen-bond acceptors (Lipinski definition) is 2. The Kier molecular flexibility index (Phi) is 4.33. The minimum absolute atomic E-state index is 0.241. The Morgan fingerprint density at radius 1 is 1.31 bits per heavy atom. The van der Waals surface area contributed by atoms with Crippen molar-refractivity contribution in [3.05, 3.63) is 0 Å². The molecular weight excluding hydrogens is 204 g/mol. The maximum absolute atomic E-state index is 11.4. The molecule has 0 aromatic rings. The molecule has 4 nitrogen and oxygen atoms in total. The zero-order valence-electron chi connectivity index (χ0n) is 10.7. The first-order chi connectivity index (χ1) is 7.45. The van der Waals surface area contributed by atoms with E-state index in [2.05, 4.69) is 0 Å². The Morgan fingerprint density at radius 3 is 2.38 bits per heavy atom. The summed E-state index contributed by atoms with van der Waals surface area (Å²) in [4.78, 5) is 13.4. The largest absolute Gasteiger partial charge is 0.472 e. The zero-order chi connectivity index (χ0) is 12.3. The lowest BCUT2D eigenvalue weighted by atomic mass is 10.2. The van der Waals surface area contributed by atoms with Crippen LogP contribution in [0.1, 0.15) is 40.5 Å². The van der Waals surface area contributed by atoms with Crippen LogP contribution in [-0.2, 0) is 4.79 Å². The predicted molar refractivity (Wildman–Crippen MR) is 64.0 cm³/mol. The minimum Gasteiger partial charge on any atom is -0.472 e. The second kappa shape index (κ2) is 5.32. The van der Waals surface area contributed by atoms with E-state index in [0.717, 1.165) is 25.9 Å². The lowest BCUT2D eigenvalue weighted by molar-refractivity contribution is -0.561. The SMILES string of the molecule is CC(C)N1CCCC[N+](C(C)C)=C1C(=O)O. The summed E-state index contributed by atoms with van der Waals surface area (Å²) < 4.78 is 2.01. The summed E-state index contributed by atoms with van der Waals surface area (Å²) in [6.45, 7) is 9.89. The maximum Gasteiger partial charge on any atom is 0.418 e. The molecule has 0 fully saturated rings. The number of hydrogen-bond donors (Lipinski definition) is 1. The van der Waals surface area contributed by atoms with E-state index in [1.807, 2.05) is 37.2 Å². The molecule has 0 unspecified atom stereocenters. The van der Waals surface area contributed by atoms with Crippen LogP contribution >= 0.6 is 0 Å². The van der Waals surface area contributed by atoms with E-state index in [1.165, 1.54) is 0 Å². The van der Waals surface area contributed by atoms with E-state index in [4.69, 9.17) is 0 Å². The molecule has 1 aliphatic heterocycles. The summed E-state index contributed by atoms with van der Waals surface area (Å²) in [5.41, 5.74) is 0. The van der Waals surface area contributed by atoms with Crippen molar-refractivity contribution in [1.29, 1.82) is 0 Å². The Balaban J connectivity index is 3.17. The molecule has 0 spiro atoms. The van der Waals surface area contributed by atoms with Crippen LogP contribution < -0.4 is 0 Å². The van der Waals surface area contributed by atoms with E-state index in [-0.39, 0.29) is 12.1 Å². The van der Waals surface area contributed by atoms with Gasteiger partial charge in [-0.05, 0) is 40.5 Å². The van der Waals surface area contributed by atoms with Crippen LogP contribution in [0.15, 0.2) is 0 Å². The lowest BCUT2D eigenvalue weighted by Gasteiger charge is -2.22. The first kappa shape index (κ1) is 13.0. The van der Waals surface area contributed by atoms with Crippen molar-refractivity contribution < 1.29 is 14.5 Å². The number of carbonyl (C=O) groups is 1. The van der Waals surface area contributed by atoms with Crippen LogP contribution in [0.5, 0.6) is 0 Å². The monoisotopic (exact) mass is 227 g/mol. The number of nitrogens with zero attached hydrogens (tertiary/aromatic N) is 2. The number of carboxylic acid groups (broad SMARTS) is 1. The van der Waals surface area contributed by atoms with Crippen molar-refractivity contribution >= 4 is 11.8 Å². The molecule has 1 aliphatic rings. The topological polar surface area (TPSA) is 43.5 Å². The highest BCUT2D eigenvalue weighted by atomic mass is 16.4. The second-order valence-electron chi connectivity index (χ2n) is 4.91. The number of aliphatic carboxylic acids is 1. The molecule has 0 aliphatic carbocycles. The van der Waals surface area contributed by atoms with Crippen LogP contribution in [0.25, 0.3) is 0 Å². The lowest BCUT2D eigenvalue weighted by Crippen LogP contribution is -2.47. The average Bonchev–Trinajstić information content (AvgIpc) is 2.38. The van der Waals surface area contributed by atoms with E-state index < -0.39 is 5.97 Å². The summed E-state index contributed by atoms with van der Waals surface area (Å²) in [7, 11) is 0. The van der Waals surface area contributed by atoms with E-state index in [0.29, 0.717) is 5.84 Å². The number of amidine groups is 1. The summed E-state index contributed by atoms with van der Waals surface area (Å²) in [6.07, 6.45) is 2.14. The van der Waals surface area contributed by atoms with Crippen LogP contribution in [0, 0.1) is 0 Å². The van der Waals surface area contributed by atoms with Gasteiger partial charge in [0.25, 0.3) is 0 Å². The fourth-order valence-corrected chi connectivity index (χ4v) is 2.19. The highest BCUT2D eigenvalue weighted by Gasteiger charge is 2.34. The van der Waals surface area contributed by atoms with E-state index in [1.54, 1.807) is 0 Å². The minimum atomic E-state index is -0.802. The molecule has 92 valence electrons. The molecule has 1 N–H and O–H groups in total. The number of carboxylic acids is 1. The fourth-order valence-electron chi connectivity index (χ4n) is 2.19. The third-order valence-corrected chi connectivity index (χ3v) is 3.03. The highest BCUT2D eigenvalue weighted by molar-refractivity contribution is 6.32. The molecule has 0 aromatic carbocycles. The van der Waals surface area contributed by atoms with Gasteiger partial charge in [0.1, 0.15) is 0 Å². The Bertz CT molecular complexity index is 295. The quantitative estimate of drug-likeness (QED) is 0.741. The third kappa shape index (κ3) is 2.74. The van der Waals surface area contributed by atoms with Crippen LogP contribution in [-0.4, -0.2) is 51.6 Å². The predicted octanol–water partition coefficient (Wildman–Crippen LogP) is 1.39. The standard InChI is InChI=1S/C12H22N2O2/c1-9(2)13-7-5-6-8-14(10(3)4)11(13)12(15)16/h9-10H,5-8H2,1-4H3/p+1. The summed E-state index contributed by atoms with van der Waals surface area (Å²) in [6, 6.07) is 0.482. The Labute approximate surface area is 97.6 Å². The van der Waals surface area contributed by atoms with Crippen LogP contribution in [0.4, 0.5) is 0 Å². The summed E-state index contributed by atoms with van der Waals surface area (Å²) in [5, 5.41) is 9.38. The third-order valence-electron chi connectivity index (χ3n) is 3.03. The summed E-state index contributed by atoms with van der Waals surface area (Å²) >= 11 is 0. The molecule has 0 radical (unpaired) electrons. The summed E-state index contributed by atoms with van der Waals surface area (Å²) in [5.74, 6) is -0.327. The Morgan fingerprint density at radius 2 is 1.94 bits per heavy atom. The smallest absolute Gasteiger partial charge is 0.418 e. The van der Waals surface area contributed by atoms with Crippen molar-refractivity contribution in [2.45, 2.75) is 52.6 Å². The van der Waals surface area contributed by atoms with Gasteiger partial charge in [0.05, 0.1) is 25.2 Å². The molecule has 0 aromatic heterocycles. The molecule has 0 saturated carbocycles. The van der Waals surface area contributed by atoms with Gasteiger partial charge in [-0.15, -0.1) is 0 Å². The molecule has 4 heteroatoms. The maximum atomic E-state index is 11.4. The molecule has 1 heterocycles. The molecule has 0 atom stereocenters. The van der Waals surface area contributed by atoms with Gasteiger partial charge in [-0.2, -0.15) is 0 Å². The molecular formula is C12H23N2O2+. The van der Waals surface area contributed by atoms with Crippen molar-refractivity contribution in [2.75, 3.05) is 13.1 Å². The van der Waals surface area contributed by atoms with E-state index in [9.17, 15) is 9.90 Å². The van der Waals surface area contributed by atoms with Crippen molar-refractivity contribution in [3.63, 3.8) is 0 Å². The van der Waals surface area contributed by atoms with Crippen molar-refractivity contribution in [1.82, 2.24) is 4.90 Å². The second-order valence-corrected chi connectivity index (χ2v) is 4.91. The Hall–Kier alpha value is -1.06. The molecule has 0 amide bonds. The zero-order valence-corrected chi connectivity index (χ0v) is 10.7. The molecule has 0 bridgehead atoms. The van der Waals surface area contributed by atoms with Gasteiger partial charge < -0.3 is 5.11 Å². The molecule has 16 heavy (non-hydrogen) atoms. The highest BCUT2D eigenvalue weighted by Crippen LogP contribution is 2.10. The molecule has 1 rings (SSSR count). The fraction of sp³-hybridized carbons (Fsp3) is 0.833. The number of rotatable bonds is 3. The van der Waals surface area contributed by atoms with Gasteiger partial charge in [0, 0.05) is 0 Å². The van der Waals surface area contributed by atoms with Crippen molar-refractivity contribution in [2.24, 2.45) is 0 Å². The van der Waals surface area contributed by atoms with Crippen LogP contribution in [0.3, 0.4) is 0 Å². The van der Waals surface area contributed by atoms with Gasteiger partial charge in [0.15, 0.2) is 0 Å². The van der Waals surface area contributed by atoms with Gasteiger partial charge in [-0.25, -0.2) is 4.79 Å². The first-order valence-corrected chi connectivity index (χ1v) is 6.08. The van der Waals surface area contributed by atoms with Gasteiger partial charge in [0.2, 0.25) is 0 Å². The molecule has 0 saturated heterocycles. The van der Waals surface area contributed by atoms with E-state index >= 15 is 0 Å². The first-order valence-electron chi connectivity index (χ1n) is 6.08. The van der Waals surface area contributed by atoms with Gasteiger partial charge in [-0.1, -0.05) is 0 Å². The van der Waals surface area contributed by atoms with Crippen LogP contribution in [0.2, 0.25) is 0 Å². The van der Waals surface area contributed by atoms with Gasteiger partial charge >= 0.3 is 11.8 Å². The normalized spacial score (nSPS) is 18.2.